The molecule has 0 radical (unpaired) electrons. The number of hydrogen-bond acceptors (Lipinski definition) is 4. The summed E-state index contributed by atoms with van der Waals surface area (Å²) in [4.78, 5) is 22.5. The molecule has 6 nitrogen and oxygen atoms in total. The molecule has 0 aliphatic rings. The quantitative estimate of drug-likeness (QED) is 0.601. The summed E-state index contributed by atoms with van der Waals surface area (Å²) < 4.78 is 24.2. The van der Waals surface area contributed by atoms with Crippen LogP contribution in [0.25, 0.3) is 0 Å². The van der Waals surface area contributed by atoms with Crippen LogP contribution in [-0.2, 0) is 4.79 Å². The zero-order valence-electron chi connectivity index (χ0n) is 11.0. The van der Waals surface area contributed by atoms with E-state index in [4.69, 9.17) is 5.11 Å². The third kappa shape index (κ3) is 5.96. The second-order valence-corrected chi connectivity index (χ2v) is 5.35. The molecule has 0 aliphatic heterocycles. The number of amides is 2. The summed E-state index contributed by atoms with van der Waals surface area (Å²) in [5, 5.41) is 22.6. The predicted molar refractivity (Wildman–Crippen MR) is 73.6 cm³/mol. The van der Waals surface area contributed by atoms with Gasteiger partial charge in [-0.25, -0.2) is 9.59 Å². The van der Waals surface area contributed by atoms with Crippen molar-refractivity contribution in [2.45, 2.75) is 23.2 Å². The third-order valence-electron chi connectivity index (χ3n) is 2.39. The van der Waals surface area contributed by atoms with Crippen molar-refractivity contribution in [1.29, 1.82) is 0 Å². The van der Waals surface area contributed by atoms with Crippen molar-refractivity contribution in [2.24, 2.45) is 0 Å². The van der Waals surface area contributed by atoms with Gasteiger partial charge in [0.15, 0.2) is 5.60 Å². The first-order chi connectivity index (χ1) is 9.70. The van der Waals surface area contributed by atoms with Crippen LogP contribution in [0.15, 0.2) is 29.2 Å². The molecule has 0 fully saturated rings. The molecule has 2 amide bonds. The van der Waals surface area contributed by atoms with Crippen LogP contribution >= 0.6 is 11.8 Å². The van der Waals surface area contributed by atoms with Gasteiger partial charge in [0.1, 0.15) is 0 Å². The van der Waals surface area contributed by atoms with Crippen LogP contribution in [-0.4, -0.2) is 40.1 Å². The summed E-state index contributed by atoms with van der Waals surface area (Å²) in [7, 11) is 0. The monoisotopic (exact) mass is 320 g/mol. The van der Waals surface area contributed by atoms with E-state index in [0.29, 0.717) is 22.3 Å². The highest BCUT2D eigenvalue weighted by atomic mass is 32.2. The number of aliphatic hydroxyl groups is 1. The smallest absolute Gasteiger partial charge is 0.337 e. The number of hydrogen-bond donors (Lipinski definition) is 4. The maximum atomic E-state index is 12.1. The lowest BCUT2D eigenvalue weighted by molar-refractivity contribution is -0.155. The molecule has 1 aromatic carbocycles. The number of urea groups is 1. The topological polar surface area (TPSA) is 98.7 Å². The van der Waals surface area contributed by atoms with Crippen molar-refractivity contribution in [1.82, 2.24) is 5.32 Å². The SMILES string of the molecule is CC(O)(CNC(=O)Nc1ccc(SC(F)F)cc1)C(=O)O. The van der Waals surface area contributed by atoms with Crippen molar-refractivity contribution in [2.75, 3.05) is 11.9 Å². The van der Waals surface area contributed by atoms with Crippen molar-refractivity contribution in [3.05, 3.63) is 24.3 Å². The fourth-order valence-corrected chi connectivity index (χ4v) is 1.72. The van der Waals surface area contributed by atoms with Gasteiger partial charge in [0.25, 0.3) is 5.76 Å². The van der Waals surface area contributed by atoms with E-state index in [1.165, 1.54) is 24.3 Å². The number of aliphatic carboxylic acids is 1. The lowest BCUT2D eigenvalue weighted by atomic mass is 10.1. The summed E-state index contributed by atoms with van der Waals surface area (Å²) in [6.07, 6.45) is 0. The van der Waals surface area contributed by atoms with Gasteiger partial charge in [0.2, 0.25) is 0 Å². The van der Waals surface area contributed by atoms with E-state index in [1.807, 2.05) is 0 Å². The second kappa shape index (κ2) is 7.23. The number of benzene rings is 1. The predicted octanol–water partition coefficient (Wildman–Crippen LogP) is 1.96. The number of carboxylic acid groups (broad SMARTS) is 1. The summed E-state index contributed by atoms with van der Waals surface area (Å²) >= 11 is 0.383. The van der Waals surface area contributed by atoms with E-state index in [9.17, 15) is 23.5 Å². The summed E-state index contributed by atoms with van der Waals surface area (Å²) in [5.74, 6) is -3.98. The molecule has 0 saturated carbocycles. The van der Waals surface area contributed by atoms with E-state index in [1.54, 1.807) is 0 Å². The first kappa shape index (κ1) is 17.2. The number of halogens is 2. The maximum absolute atomic E-state index is 12.1. The van der Waals surface area contributed by atoms with Gasteiger partial charge in [-0.1, -0.05) is 11.8 Å². The van der Waals surface area contributed by atoms with Crippen molar-refractivity contribution in [3.63, 3.8) is 0 Å². The molecular weight excluding hydrogens is 306 g/mol. The average molecular weight is 320 g/mol. The van der Waals surface area contributed by atoms with Crippen molar-refractivity contribution in [3.8, 4) is 0 Å². The average Bonchev–Trinajstić information content (AvgIpc) is 2.38. The van der Waals surface area contributed by atoms with Crippen LogP contribution in [0.4, 0.5) is 19.3 Å². The highest BCUT2D eigenvalue weighted by Gasteiger charge is 2.30. The molecule has 21 heavy (non-hydrogen) atoms. The van der Waals surface area contributed by atoms with Crippen LogP contribution < -0.4 is 10.6 Å². The van der Waals surface area contributed by atoms with Crippen molar-refractivity contribution >= 4 is 29.4 Å². The number of thioether (sulfide) groups is 1. The molecule has 0 aliphatic carbocycles. The Labute approximate surface area is 123 Å². The second-order valence-electron chi connectivity index (χ2n) is 4.29. The van der Waals surface area contributed by atoms with E-state index < -0.39 is 29.9 Å². The fourth-order valence-electron chi connectivity index (χ4n) is 1.22. The Morgan fingerprint density at radius 3 is 2.38 bits per heavy atom. The summed E-state index contributed by atoms with van der Waals surface area (Å²) in [6.45, 7) is 0.569. The number of carbonyl (C=O) groups excluding carboxylic acids is 1. The molecular formula is C12H14F2N2O4S. The van der Waals surface area contributed by atoms with E-state index in [2.05, 4.69) is 10.6 Å². The Morgan fingerprint density at radius 2 is 1.90 bits per heavy atom. The molecule has 0 heterocycles. The minimum Gasteiger partial charge on any atom is -0.479 e. The molecule has 0 bridgehead atoms. The Kier molecular flexibility index (Phi) is 5.91. The van der Waals surface area contributed by atoms with Crippen LogP contribution in [0.5, 0.6) is 0 Å². The molecule has 9 heteroatoms. The number of rotatable bonds is 6. The van der Waals surface area contributed by atoms with Gasteiger partial charge in [-0.15, -0.1) is 0 Å². The molecule has 0 saturated heterocycles. The van der Waals surface area contributed by atoms with Gasteiger partial charge in [-0.05, 0) is 31.2 Å². The molecule has 1 rings (SSSR count). The van der Waals surface area contributed by atoms with Crippen molar-refractivity contribution < 1.29 is 28.6 Å². The first-order valence-corrected chi connectivity index (χ1v) is 6.64. The first-order valence-electron chi connectivity index (χ1n) is 5.76. The number of anilines is 1. The summed E-state index contributed by atoms with van der Waals surface area (Å²) in [6, 6.07) is 4.98. The van der Waals surface area contributed by atoms with Gasteiger partial charge in [-0.3, -0.25) is 0 Å². The molecule has 1 unspecified atom stereocenters. The number of nitrogens with one attached hydrogen (secondary N) is 2. The third-order valence-corrected chi connectivity index (χ3v) is 3.11. The van der Waals surface area contributed by atoms with E-state index >= 15 is 0 Å². The van der Waals surface area contributed by atoms with Gasteiger partial charge in [0, 0.05) is 10.6 Å². The van der Waals surface area contributed by atoms with Crippen LogP contribution in [0.2, 0.25) is 0 Å². The molecule has 1 atom stereocenters. The molecule has 0 spiro atoms. The summed E-state index contributed by atoms with van der Waals surface area (Å²) in [5.41, 5.74) is -1.73. The van der Waals surface area contributed by atoms with Crippen LogP contribution in [0.1, 0.15) is 6.92 Å². The Bertz CT molecular complexity index is 508. The maximum Gasteiger partial charge on any atom is 0.337 e. The fraction of sp³-hybridized carbons (Fsp3) is 0.333. The Balaban J connectivity index is 2.50. The molecule has 1 aromatic rings. The normalized spacial score (nSPS) is 13.6. The van der Waals surface area contributed by atoms with E-state index in [-0.39, 0.29) is 0 Å². The van der Waals surface area contributed by atoms with Gasteiger partial charge >= 0.3 is 12.0 Å². The van der Waals surface area contributed by atoms with Crippen LogP contribution in [0.3, 0.4) is 0 Å². The zero-order valence-corrected chi connectivity index (χ0v) is 11.8. The minimum atomic E-state index is -2.52. The van der Waals surface area contributed by atoms with Gasteiger partial charge in [0.05, 0.1) is 6.54 Å². The highest BCUT2D eigenvalue weighted by Crippen LogP contribution is 2.26. The molecule has 0 aromatic heterocycles. The van der Waals surface area contributed by atoms with E-state index in [0.717, 1.165) is 6.92 Å². The Morgan fingerprint density at radius 1 is 1.33 bits per heavy atom. The number of alkyl halides is 2. The molecule has 4 N–H and O–H groups in total. The van der Waals surface area contributed by atoms with Gasteiger partial charge in [-0.2, -0.15) is 8.78 Å². The number of carboxylic acids is 1. The minimum absolute atomic E-state index is 0.348. The zero-order chi connectivity index (χ0) is 16.0. The van der Waals surface area contributed by atoms with Gasteiger partial charge < -0.3 is 20.8 Å². The highest BCUT2D eigenvalue weighted by molar-refractivity contribution is 7.99. The lowest BCUT2D eigenvalue weighted by Crippen LogP contribution is -2.47. The Hall–Kier alpha value is -1.87. The molecule has 116 valence electrons. The standard InChI is InChI=1S/C12H14F2N2O4S/c1-12(20,9(17)18)6-15-11(19)16-7-2-4-8(5-3-7)21-10(13)14/h2-5,10,20H,6H2,1H3,(H,17,18)(H2,15,16,19). The lowest BCUT2D eigenvalue weighted by Gasteiger charge is -2.18. The van der Waals surface area contributed by atoms with Crippen LogP contribution in [0, 0.1) is 0 Å². The largest absolute Gasteiger partial charge is 0.479 e. The number of carbonyl (C=O) groups is 2.